The summed E-state index contributed by atoms with van der Waals surface area (Å²) in [6.07, 6.45) is 1.61. The fourth-order valence-electron chi connectivity index (χ4n) is 3.23. The summed E-state index contributed by atoms with van der Waals surface area (Å²) < 4.78 is 20.6. The van der Waals surface area contributed by atoms with E-state index in [9.17, 15) is 9.18 Å². The van der Waals surface area contributed by atoms with Gasteiger partial charge in [0, 0.05) is 13.1 Å². The number of halogens is 1. The van der Waals surface area contributed by atoms with E-state index >= 15 is 0 Å². The van der Waals surface area contributed by atoms with E-state index in [1.807, 2.05) is 32.6 Å². The average molecular weight is 345 g/mol. The largest absolute Gasteiger partial charge is 0.372 e. The van der Waals surface area contributed by atoms with Gasteiger partial charge in [-0.05, 0) is 44.0 Å². The molecule has 1 aromatic carbocycles. The average Bonchev–Trinajstić information content (AvgIpc) is 2.99. The molecule has 1 aliphatic rings. The Morgan fingerprint density at radius 1 is 1.28 bits per heavy atom. The molecule has 25 heavy (non-hydrogen) atoms. The number of amides is 1. The predicted octanol–water partition coefficient (Wildman–Crippen LogP) is 3.39. The smallest absolute Gasteiger partial charge is 0.257 e. The van der Waals surface area contributed by atoms with Gasteiger partial charge in [-0.3, -0.25) is 4.79 Å². The monoisotopic (exact) mass is 345 g/mol. The molecule has 2 heterocycles. The van der Waals surface area contributed by atoms with Crippen molar-refractivity contribution in [2.75, 3.05) is 19.7 Å². The van der Waals surface area contributed by atoms with Crippen molar-refractivity contribution in [2.45, 2.75) is 39.2 Å². The fraction of sp³-hybridized carbons (Fsp3) is 0.474. The number of benzene rings is 1. The minimum Gasteiger partial charge on any atom is -0.372 e. The lowest BCUT2D eigenvalue weighted by atomic mass is 10.0. The maximum atomic E-state index is 13.2. The van der Waals surface area contributed by atoms with Crippen molar-refractivity contribution in [3.63, 3.8) is 0 Å². The Bertz CT molecular complexity index is 765. The summed E-state index contributed by atoms with van der Waals surface area (Å²) in [5.41, 5.74) is 1.82. The lowest BCUT2D eigenvalue weighted by Crippen LogP contribution is -2.50. The summed E-state index contributed by atoms with van der Waals surface area (Å²) >= 11 is 0. The summed E-state index contributed by atoms with van der Waals surface area (Å²) in [4.78, 5) is 14.9. The summed E-state index contributed by atoms with van der Waals surface area (Å²) in [6.45, 7) is 9.66. The minimum atomic E-state index is -0.348. The Morgan fingerprint density at radius 3 is 2.56 bits per heavy atom. The van der Waals surface area contributed by atoms with Crippen LogP contribution in [-0.2, 0) is 4.74 Å². The maximum Gasteiger partial charge on any atom is 0.257 e. The van der Waals surface area contributed by atoms with Gasteiger partial charge in [0.2, 0.25) is 0 Å². The molecular weight excluding hydrogens is 321 g/mol. The van der Waals surface area contributed by atoms with Crippen molar-refractivity contribution in [3.8, 4) is 5.69 Å². The summed E-state index contributed by atoms with van der Waals surface area (Å²) in [5.74, 6) is -0.233. The van der Waals surface area contributed by atoms with Gasteiger partial charge in [0.05, 0.1) is 35.3 Å². The summed E-state index contributed by atoms with van der Waals surface area (Å²) in [5, 5.41) is 4.41. The van der Waals surface area contributed by atoms with Gasteiger partial charge in [0.25, 0.3) is 5.91 Å². The molecule has 134 valence electrons. The maximum absolute atomic E-state index is 13.2. The molecule has 0 saturated carbocycles. The van der Waals surface area contributed by atoms with Crippen LogP contribution in [0.2, 0.25) is 0 Å². The zero-order valence-electron chi connectivity index (χ0n) is 15.1. The summed E-state index contributed by atoms with van der Waals surface area (Å²) in [7, 11) is 0. The molecule has 0 N–H and O–H groups in total. The van der Waals surface area contributed by atoms with Crippen LogP contribution in [0, 0.1) is 5.82 Å². The van der Waals surface area contributed by atoms with Crippen molar-refractivity contribution in [2.24, 2.45) is 0 Å². The Hall–Kier alpha value is -2.21. The van der Waals surface area contributed by atoms with E-state index in [1.165, 1.54) is 12.1 Å². The number of hydrogen-bond donors (Lipinski definition) is 0. The molecule has 1 fully saturated rings. The number of carbonyl (C=O) groups is 1. The molecule has 1 amide bonds. The molecule has 1 aromatic heterocycles. The van der Waals surface area contributed by atoms with Gasteiger partial charge in [-0.2, -0.15) is 5.10 Å². The number of rotatable bonds is 3. The highest BCUT2D eigenvalue weighted by Crippen LogP contribution is 2.26. The number of aromatic nitrogens is 2. The van der Waals surface area contributed by atoms with E-state index < -0.39 is 0 Å². The van der Waals surface area contributed by atoms with E-state index in [4.69, 9.17) is 4.74 Å². The van der Waals surface area contributed by atoms with Gasteiger partial charge in [-0.1, -0.05) is 13.8 Å². The number of ether oxygens (including phenoxy) is 1. The van der Waals surface area contributed by atoms with E-state index in [0.29, 0.717) is 25.3 Å². The molecule has 0 unspecified atom stereocenters. The highest BCUT2D eigenvalue weighted by Gasteiger charge is 2.32. The van der Waals surface area contributed by atoms with Crippen LogP contribution in [-0.4, -0.2) is 45.9 Å². The van der Waals surface area contributed by atoms with Crippen LogP contribution in [0.25, 0.3) is 5.69 Å². The Balaban J connectivity index is 1.97. The number of carbonyl (C=O) groups excluding carboxylic acids is 1. The van der Waals surface area contributed by atoms with Gasteiger partial charge in [-0.25, -0.2) is 9.07 Å². The van der Waals surface area contributed by atoms with E-state index in [1.54, 1.807) is 23.0 Å². The van der Waals surface area contributed by atoms with Crippen molar-refractivity contribution in [1.29, 1.82) is 0 Å². The van der Waals surface area contributed by atoms with Crippen LogP contribution in [0.15, 0.2) is 30.5 Å². The van der Waals surface area contributed by atoms with Gasteiger partial charge in [-0.15, -0.1) is 0 Å². The molecule has 6 heteroatoms. The van der Waals surface area contributed by atoms with Crippen LogP contribution >= 0.6 is 0 Å². The minimum absolute atomic E-state index is 0.0339. The first-order chi connectivity index (χ1) is 11.8. The van der Waals surface area contributed by atoms with E-state index in [2.05, 4.69) is 5.10 Å². The first kappa shape index (κ1) is 17.6. The lowest BCUT2D eigenvalue weighted by molar-refractivity contribution is -0.0764. The lowest BCUT2D eigenvalue weighted by Gasteiger charge is -2.38. The van der Waals surface area contributed by atoms with Gasteiger partial charge in [0.15, 0.2) is 0 Å². The van der Waals surface area contributed by atoms with Crippen LogP contribution in [0.1, 0.15) is 49.7 Å². The third-order valence-electron chi connectivity index (χ3n) is 4.37. The van der Waals surface area contributed by atoms with Crippen LogP contribution in [0.3, 0.4) is 0 Å². The standard InChI is InChI=1S/C19H24FN3O2/c1-13(2)17-16(18(24)22-9-10-25-19(3,4)12-22)11-21-23(17)15-7-5-14(20)6-8-15/h5-8,11,13H,9-10,12H2,1-4H3. The van der Waals surface area contributed by atoms with Crippen LogP contribution in [0.4, 0.5) is 4.39 Å². The molecule has 1 saturated heterocycles. The second-order valence-corrected chi connectivity index (χ2v) is 7.32. The second-order valence-electron chi connectivity index (χ2n) is 7.32. The molecule has 0 radical (unpaired) electrons. The van der Waals surface area contributed by atoms with Gasteiger partial charge < -0.3 is 9.64 Å². The van der Waals surface area contributed by atoms with Crippen LogP contribution in [0.5, 0.6) is 0 Å². The molecule has 0 spiro atoms. The molecule has 0 aliphatic carbocycles. The van der Waals surface area contributed by atoms with Crippen molar-refractivity contribution in [3.05, 3.63) is 47.5 Å². The van der Waals surface area contributed by atoms with Crippen LogP contribution < -0.4 is 0 Å². The van der Waals surface area contributed by atoms with Crippen molar-refractivity contribution >= 4 is 5.91 Å². The fourth-order valence-corrected chi connectivity index (χ4v) is 3.23. The normalized spacial score (nSPS) is 17.1. The van der Waals surface area contributed by atoms with E-state index in [0.717, 1.165) is 11.4 Å². The second kappa shape index (κ2) is 6.59. The van der Waals surface area contributed by atoms with Gasteiger partial charge >= 0.3 is 0 Å². The third-order valence-corrected chi connectivity index (χ3v) is 4.37. The SMILES string of the molecule is CC(C)c1c(C(=O)N2CCOC(C)(C)C2)cnn1-c1ccc(F)cc1. The van der Waals surface area contributed by atoms with Gasteiger partial charge in [0.1, 0.15) is 5.82 Å². The van der Waals surface area contributed by atoms with Crippen molar-refractivity contribution in [1.82, 2.24) is 14.7 Å². The molecular formula is C19H24FN3O2. The Morgan fingerprint density at radius 2 is 1.96 bits per heavy atom. The zero-order chi connectivity index (χ0) is 18.2. The molecule has 1 aliphatic heterocycles. The highest BCUT2D eigenvalue weighted by atomic mass is 19.1. The molecule has 0 atom stereocenters. The van der Waals surface area contributed by atoms with Crippen molar-refractivity contribution < 1.29 is 13.9 Å². The molecule has 0 bridgehead atoms. The summed E-state index contributed by atoms with van der Waals surface area (Å²) in [6, 6.07) is 6.13. The number of hydrogen-bond acceptors (Lipinski definition) is 3. The Kier molecular flexibility index (Phi) is 4.64. The molecule has 3 rings (SSSR count). The highest BCUT2D eigenvalue weighted by molar-refractivity contribution is 5.95. The quantitative estimate of drug-likeness (QED) is 0.857. The number of nitrogens with zero attached hydrogens (tertiary/aromatic N) is 3. The third kappa shape index (κ3) is 3.58. The topological polar surface area (TPSA) is 47.4 Å². The first-order valence-electron chi connectivity index (χ1n) is 8.55. The predicted molar refractivity (Wildman–Crippen MR) is 93.5 cm³/mol. The number of morpholine rings is 1. The molecule has 2 aromatic rings. The first-order valence-corrected chi connectivity index (χ1v) is 8.55. The Labute approximate surface area is 147 Å². The molecule has 5 nitrogen and oxygen atoms in total. The van der Waals surface area contributed by atoms with E-state index in [-0.39, 0.29) is 23.2 Å². The zero-order valence-corrected chi connectivity index (χ0v) is 15.1.